The second-order valence-electron chi connectivity index (χ2n) is 1.91. The highest BCUT2D eigenvalue weighted by atomic mass is 35.5. The van der Waals surface area contributed by atoms with Crippen LogP contribution in [0, 0.1) is 0 Å². The first kappa shape index (κ1) is 11.8. The van der Waals surface area contributed by atoms with Crippen LogP contribution in [-0.4, -0.2) is 12.1 Å². The SMILES string of the molecule is COc1c(Cl)ccnc1CCl.[Cl-]. The lowest BCUT2D eigenvalue weighted by atomic mass is 10.3. The molecule has 0 bridgehead atoms. The van der Waals surface area contributed by atoms with E-state index in [1.807, 2.05) is 0 Å². The monoisotopic (exact) mass is 226 g/mol. The summed E-state index contributed by atoms with van der Waals surface area (Å²) in [7, 11) is 1.54. The van der Waals surface area contributed by atoms with Crippen molar-refractivity contribution in [2.75, 3.05) is 7.11 Å². The first-order valence-electron chi connectivity index (χ1n) is 3.03. The number of nitrogens with zero attached hydrogens (tertiary/aromatic N) is 1. The van der Waals surface area contributed by atoms with Crippen LogP contribution in [0.1, 0.15) is 5.69 Å². The van der Waals surface area contributed by atoms with Crippen LogP contribution in [0.25, 0.3) is 0 Å². The second kappa shape index (κ2) is 5.46. The first-order chi connectivity index (χ1) is 5.29. The van der Waals surface area contributed by atoms with Crippen molar-refractivity contribution in [3.63, 3.8) is 0 Å². The van der Waals surface area contributed by atoms with Gasteiger partial charge in [-0.1, -0.05) is 11.6 Å². The molecule has 0 radical (unpaired) electrons. The third-order valence-corrected chi connectivity index (χ3v) is 1.81. The molecule has 0 N–H and O–H groups in total. The minimum atomic E-state index is 0. The topological polar surface area (TPSA) is 22.1 Å². The molecule has 1 aromatic heterocycles. The molecule has 0 spiro atoms. The largest absolute Gasteiger partial charge is 1.00 e. The van der Waals surface area contributed by atoms with Gasteiger partial charge in [-0.2, -0.15) is 0 Å². The number of hydrogen-bond acceptors (Lipinski definition) is 2. The van der Waals surface area contributed by atoms with E-state index in [0.717, 1.165) is 0 Å². The number of alkyl halides is 1. The van der Waals surface area contributed by atoms with Crippen molar-refractivity contribution >= 4 is 23.2 Å². The average molecular weight is 227 g/mol. The molecular weight excluding hydrogens is 220 g/mol. The molecule has 1 aromatic rings. The van der Waals surface area contributed by atoms with Gasteiger partial charge in [0.25, 0.3) is 0 Å². The maximum atomic E-state index is 5.78. The lowest BCUT2D eigenvalue weighted by molar-refractivity contribution is -0.00000245. The Morgan fingerprint density at radius 2 is 2.25 bits per heavy atom. The van der Waals surface area contributed by atoms with Gasteiger partial charge in [-0.3, -0.25) is 4.98 Å². The molecule has 2 nitrogen and oxygen atoms in total. The number of methoxy groups -OCH3 is 1. The summed E-state index contributed by atoms with van der Waals surface area (Å²) in [6.45, 7) is 0. The lowest BCUT2D eigenvalue weighted by Gasteiger charge is -2.05. The highest BCUT2D eigenvalue weighted by molar-refractivity contribution is 6.32. The molecule has 12 heavy (non-hydrogen) atoms. The van der Waals surface area contributed by atoms with Crippen LogP contribution in [0.3, 0.4) is 0 Å². The number of aromatic nitrogens is 1. The van der Waals surface area contributed by atoms with Gasteiger partial charge in [0.05, 0.1) is 23.7 Å². The zero-order valence-corrected chi connectivity index (χ0v) is 8.62. The van der Waals surface area contributed by atoms with Crippen molar-refractivity contribution in [1.82, 2.24) is 4.98 Å². The van der Waals surface area contributed by atoms with Crippen molar-refractivity contribution < 1.29 is 17.1 Å². The molecule has 1 heterocycles. The zero-order chi connectivity index (χ0) is 8.27. The summed E-state index contributed by atoms with van der Waals surface area (Å²) in [5.41, 5.74) is 0.668. The lowest BCUT2D eigenvalue weighted by Crippen LogP contribution is -3.00. The van der Waals surface area contributed by atoms with E-state index in [1.54, 1.807) is 19.4 Å². The van der Waals surface area contributed by atoms with Crippen LogP contribution in [0.5, 0.6) is 5.75 Å². The third kappa shape index (κ3) is 2.41. The van der Waals surface area contributed by atoms with Gasteiger partial charge in [0.2, 0.25) is 0 Å². The summed E-state index contributed by atoms with van der Waals surface area (Å²) in [5, 5.41) is 0.540. The zero-order valence-electron chi connectivity index (χ0n) is 6.35. The molecular formula is C7H7Cl3NO-. The molecule has 0 aliphatic carbocycles. The molecule has 0 unspecified atom stereocenters. The van der Waals surface area contributed by atoms with E-state index in [0.29, 0.717) is 22.3 Å². The van der Waals surface area contributed by atoms with E-state index >= 15 is 0 Å². The van der Waals surface area contributed by atoms with Gasteiger partial charge in [-0.15, -0.1) is 11.6 Å². The van der Waals surface area contributed by atoms with Crippen LogP contribution in [0.4, 0.5) is 0 Å². The Bertz CT molecular complexity index is 254. The smallest absolute Gasteiger partial charge is 0.160 e. The fraction of sp³-hybridized carbons (Fsp3) is 0.286. The normalized spacial score (nSPS) is 8.92. The number of halogens is 3. The van der Waals surface area contributed by atoms with E-state index in [-0.39, 0.29) is 12.4 Å². The predicted octanol–water partition coefficient (Wildman–Crippen LogP) is -0.514. The van der Waals surface area contributed by atoms with E-state index in [2.05, 4.69) is 4.98 Å². The summed E-state index contributed by atoms with van der Waals surface area (Å²) < 4.78 is 4.99. The quantitative estimate of drug-likeness (QED) is 0.635. The Labute approximate surface area is 87.3 Å². The molecule has 0 amide bonds. The van der Waals surface area contributed by atoms with Gasteiger partial charge < -0.3 is 17.1 Å². The summed E-state index contributed by atoms with van der Waals surface area (Å²) in [6.07, 6.45) is 1.60. The van der Waals surface area contributed by atoms with E-state index < -0.39 is 0 Å². The Balaban J connectivity index is 0.00000121. The van der Waals surface area contributed by atoms with Gasteiger partial charge >= 0.3 is 0 Å². The Morgan fingerprint density at radius 1 is 1.58 bits per heavy atom. The van der Waals surface area contributed by atoms with Gasteiger partial charge in [0.1, 0.15) is 0 Å². The van der Waals surface area contributed by atoms with Crippen LogP contribution < -0.4 is 17.1 Å². The molecule has 0 atom stereocenters. The van der Waals surface area contributed by atoms with Crippen LogP contribution in [0.15, 0.2) is 12.3 Å². The number of pyridine rings is 1. The van der Waals surface area contributed by atoms with Gasteiger partial charge in [0, 0.05) is 6.20 Å². The number of ether oxygens (including phenoxy) is 1. The fourth-order valence-electron chi connectivity index (χ4n) is 0.775. The first-order valence-corrected chi connectivity index (χ1v) is 3.94. The Kier molecular flexibility index (Phi) is 5.38. The molecule has 0 aliphatic rings. The van der Waals surface area contributed by atoms with Gasteiger partial charge in [0.15, 0.2) is 5.75 Å². The second-order valence-corrected chi connectivity index (χ2v) is 2.58. The predicted molar refractivity (Wildman–Crippen MR) is 45.4 cm³/mol. The molecule has 0 aliphatic heterocycles. The molecule has 1 rings (SSSR count). The summed E-state index contributed by atoms with van der Waals surface area (Å²) in [6, 6.07) is 1.66. The molecule has 0 saturated heterocycles. The van der Waals surface area contributed by atoms with Crippen LogP contribution in [0.2, 0.25) is 5.02 Å². The summed E-state index contributed by atoms with van der Waals surface area (Å²) >= 11 is 11.4. The maximum Gasteiger partial charge on any atom is 0.160 e. The Morgan fingerprint density at radius 3 is 2.67 bits per heavy atom. The third-order valence-electron chi connectivity index (χ3n) is 1.26. The van der Waals surface area contributed by atoms with Crippen LogP contribution >= 0.6 is 23.2 Å². The number of rotatable bonds is 2. The van der Waals surface area contributed by atoms with Crippen LogP contribution in [-0.2, 0) is 5.88 Å². The van der Waals surface area contributed by atoms with E-state index in [4.69, 9.17) is 27.9 Å². The van der Waals surface area contributed by atoms with E-state index in [1.165, 1.54) is 0 Å². The van der Waals surface area contributed by atoms with E-state index in [9.17, 15) is 0 Å². The fourth-order valence-corrected chi connectivity index (χ4v) is 1.21. The highest BCUT2D eigenvalue weighted by Gasteiger charge is 2.06. The van der Waals surface area contributed by atoms with Crippen molar-refractivity contribution in [3.8, 4) is 5.75 Å². The molecule has 0 aromatic carbocycles. The summed E-state index contributed by atoms with van der Waals surface area (Å²) in [5.74, 6) is 0.869. The van der Waals surface area contributed by atoms with Crippen molar-refractivity contribution in [2.24, 2.45) is 0 Å². The van der Waals surface area contributed by atoms with Crippen molar-refractivity contribution in [3.05, 3.63) is 23.0 Å². The summed E-state index contributed by atoms with van der Waals surface area (Å²) in [4.78, 5) is 3.99. The van der Waals surface area contributed by atoms with Gasteiger partial charge in [-0.25, -0.2) is 0 Å². The van der Waals surface area contributed by atoms with Crippen molar-refractivity contribution in [2.45, 2.75) is 5.88 Å². The minimum Gasteiger partial charge on any atom is -1.00 e. The standard InChI is InChI=1S/C7H7Cl2NO.ClH/c1-11-7-5(9)2-3-10-6(7)4-8;/h2-3H,4H2,1H3;1H/p-1. The number of hydrogen-bond donors (Lipinski definition) is 0. The average Bonchev–Trinajstić information content (AvgIpc) is 2.04. The molecule has 68 valence electrons. The molecule has 0 saturated carbocycles. The molecule has 5 heteroatoms. The maximum absolute atomic E-state index is 5.78. The van der Waals surface area contributed by atoms with Crippen molar-refractivity contribution in [1.29, 1.82) is 0 Å². The highest BCUT2D eigenvalue weighted by Crippen LogP contribution is 2.27. The van der Waals surface area contributed by atoms with Gasteiger partial charge in [-0.05, 0) is 6.07 Å². The minimum absolute atomic E-state index is 0. The Hall–Kier alpha value is -0.180. The molecule has 0 fully saturated rings.